The first kappa shape index (κ1) is 21.1. The highest BCUT2D eigenvalue weighted by atomic mass is 32.1. The van der Waals surface area contributed by atoms with Crippen molar-refractivity contribution in [3.05, 3.63) is 77.2 Å². The van der Waals surface area contributed by atoms with Gasteiger partial charge >= 0.3 is 0 Å². The topological polar surface area (TPSA) is 72.6 Å². The van der Waals surface area contributed by atoms with Gasteiger partial charge in [0, 0.05) is 23.5 Å². The number of ether oxygens (including phenoxy) is 1. The number of primary amides is 1. The van der Waals surface area contributed by atoms with Crippen LogP contribution >= 0.6 is 11.3 Å². The van der Waals surface area contributed by atoms with Gasteiger partial charge in [0.05, 0.1) is 12.5 Å². The number of nitrogens with two attached hydrogens (primary N) is 1. The summed E-state index contributed by atoms with van der Waals surface area (Å²) in [6.45, 7) is 0.925. The largest absolute Gasteiger partial charge is 0.497 e. The minimum absolute atomic E-state index is 0.101. The number of hydrogen-bond acceptors (Lipinski definition) is 4. The van der Waals surface area contributed by atoms with E-state index in [1.165, 1.54) is 0 Å². The Balaban J connectivity index is 1.63. The molecular weight excluding hydrogens is 408 g/mol. The third-order valence-corrected chi connectivity index (χ3v) is 6.94. The van der Waals surface area contributed by atoms with Crippen LogP contribution < -0.4 is 10.5 Å². The Kier molecular flexibility index (Phi) is 6.09. The van der Waals surface area contributed by atoms with Crippen molar-refractivity contribution in [2.45, 2.75) is 19.3 Å². The van der Waals surface area contributed by atoms with E-state index in [9.17, 15) is 9.59 Å². The van der Waals surface area contributed by atoms with Gasteiger partial charge in [-0.1, -0.05) is 36.4 Å². The first-order chi connectivity index (χ1) is 15.0. The van der Waals surface area contributed by atoms with Gasteiger partial charge < -0.3 is 15.4 Å². The van der Waals surface area contributed by atoms with E-state index in [0.29, 0.717) is 37.2 Å². The fourth-order valence-corrected chi connectivity index (χ4v) is 5.17. The molecule has 2 aromatic carbocycles. The van der Waals surface area contributed by atoms with Crippen LogP contribution in [0.15, 0.2) is 66.0 Å². The van der Waals surface area contributed by atoms with Gasteiger partial charge in [-0.3, -0.25) is 9.59 Å². The molecule has 1 atom stereocenters. The van der Waals surface area contributed by atoms with Crippen LogP contribution in [0, 0.1) is 5.41 Å². The monoisotopic (exact) mass is 434 g/mol. The van der Waals surface area contributed by atoms with Gasteiger partial charge in [-0.15, -0.1) is 11.3 Å². The molecule has 1 fully saturated rings. The second-order valence-electron chi connectivity index (χ2n) is 8.02. The van der Waals surface area contributed by atoms with Crippen molar-refractivity contribution in [2.24, 2.45) is 11.1 Å². The van der Waals surface area contributed by atoms with Crippen LogP contribution in [-0.4, -0.2) is 36.9 Å². The van der Waals surface area contributed by atoms with Gasteiger partial charge in [-0.25, -0.2) is 0 Å². The lowest BCUT2D eigenvalue weighted by molar-refractivity contribution is -0.130. The Morgan fingerprint density at radius 3 is 2.71 bits per heavy atom. The predicted molar refractivity (Wildman–Crippen MR) is 123 cm³/mol. The highest BCUT2D eigenvalue weighted by molar-refractivity contribution is 7.13. The van der Waals surface area contributed by atoms with Gasteiger partial charge in [0.2, 0.25) is 5.91 Å². The molecule has 0 saturated carbocycles. The molecule has 0 radical (unpaired) electrons. The smallest absolute Gasteiger partial charge is 0.254 e. The van der Waals surface area contributed by atoms with Gasteiger partial charge in [0.1, 0.15) is 5.75 Å². The Bertz CT molecular complexity index is 1080. The Hall–Kier alpha value is -3.12. The van der Waals surface area contributed by atoms with Crippen molar-refractivity contribution in [1.82, 2.24) is 4.90 Å². The van der Waals surface area contributed by atoms with Crippen molar-refractivity contribution in [3.8, 4) is 16.2 Å². The van der Waals surface area contributed by atoms with Crippen LogP contribution in [0.1, 0.15) is 28.8 Å². The van der Waals surface area contributed by atoms with E-state index in [0.717, 1.165) is 22.4 Å². The molecule has 2 amide bonds. The Labute approximate surface area is 186 Å². The van der Waals surface area contributed by atoms with Crippen LogP contribution in [0.25, 0.3) is 10.4 Å². The molecule has 2 heterocycles. The quantitative estimate of drug-likeness (QED) is 0.626. The number of methoxy groups -OCH3 is 1. The number of carbonyl (C=O) groups excluding carboxylic acids is 2. The lowest BCUT2D eigenvalue weighted by Gasteiger charge is -2.41. The van der Waals surface area contributed by atoms with Crippen LogP contribution in [0.2, 0.25) is 0 Å². The molecule has 0 aliphatic carbocycles. The molecule has 6 heteroatoms. The van der Waals surface area contributed by atoms with E-state index in [2.05, 4.69) is 18.2 Å². The third-order valence-electron chi connectivity index (χ3n) is 6.04. The van der Waals surface area contributed by atoms with Crippen molar-refractivity contribution < 1.29 is 14.3 Å². The fourth-order valence-electron chi connectivity index (χ4n) is 4.39. The number of amides is 2. The molecule has 2 N–H and O–H groups in total. The molecule has 1 aliphatic rings. The van der Waals surface area contributed by atoms with E-state index < -0.39 is 5.41 Å². The summed E-state index contributed by atoms with van der Waals surface area (Å²) in [4.78, 5) is 28.9. The van der Waals surface area contributed by atoms with Crippen LogP contribution in [-0.2, 0) is 11.2 Å². The molecule has 1 aliphatic heterocycles. The third kappa shape index (κ3) is 4.35. The molecule has 0 unspecified atom stereocenters. The number of hydrogen-bond donors (Lipinski definition) is 1. The first-order valence-corrected chi connectivity index (χ1v) is 11.3. The van der Waals surface area contributed by atoms with E-state index in [1.807, 2.05) is 29.6 Å². The van der Waals surface area contributed by atoms with Crippen molar-refractivity contribution in [1.29, 1.82) is 0 Å². The standard InChI is InChI=1S/C25H26N2O3S/c1-30-20-9-4-8-18(15-20)23(28)27-13-6-12-25(17-27,24(26)29)16-19-7-2-3-10-21(19)22-11-5-14-31-22/h2-5,7-11,14-15H,6,12-13,16-17H2,1H3,(H2,26,29)/t25-/m0/s1. The van der Waals surface area contributed by atoms with Crippen molar-refractivity contribution >= 4 is 23.2 Å². The fraction of sp³-hybridized carbons (Fsp3) is 0.280. The van der Waals surface area contributed by atoms with E-state index >= 15 is 0 Å². The second kappa shape index (κ2) is 8.94. The molecule has 1 aromatic heterocycles. The highest BCUT2D eigenvalue weighted by Crippen LogP contribution is 2.38. The number of piperidine rings is 1. The predicted octanol–water partition coefficient (Wildman–Crippen LogP) is 4.37. The maximum absolute atomic E-state index is 13.2. The summed E-state index contributed by atoms with van der Waals surface area (Å²) >= 11 is 1.67. The summed E-state index contributed by atoms with van der Waals surface area (Å²) in [5.74, 6) is 0.182. The summed E-state index contributed by atoms with van der Waals surface area (Å²) in [6.07, 6.45) is 1.92. The maximum atomic E-state index is 13.2. The zero-order valence-corrected chi connectivity index (χ0v) is 18.4. The molecular formula is C25H26N2O3S. The van der Waals surface area contributed by atoms with Gasteiger partial charge in [-0.2, -0.15) is 0 Å². The van der Waals surface area contributed by atoms with Crippen LogP contribution in [0.5, 0.6) is 5.75 Å². The van der Waals surface area contributed by atoms with Crippen molar-refractivity contribution in [2.75, 3.05) is 20.2 Å². The van der Waals surface area contributed by atoms with E-state index in [-0.39, 0.29) is 11.8 Å². The maximum Gasteiger partial charge on any atom is 0.254 e. The number of thiophene rings is 1. The molecule has 160 valence electrons. The Morgan fingerprint density at radius 2 is 1.97 bits per heavy atom. The Morgan fingerprint density at radius 1 is 1.13 bits per heavy atom. The summed E-state index contributed by atoms with van der Waals surface area (Å²) in [6, 6.07) is 19.4. The van der Waals surface area contributed by atoms with Crippen LogP contribution in [0.3, 0.4) is 0 Å². The second-order valence-corrected chi connectivity index (χ2v) is 8.97. The molecule has 4 rings (SSSR count). The molecule has 0 spiro atoms. The normalized spacial score (nSPS) is 18.5. The lowest BCUT2D eigenvalue weighted by Crippen LogP contribution is -2.53. The van der Waals surface area contributed by atoms with Crippen molar-refractivity contribution in [3.63, 3.8) is 0 Å². The number of nitrogens with zero attached hydrogens (tertiary/aromatic N) is 1. The van der Waals surface area contributed by atoms with Gasteiger partial charge in [-0.05, 0) is 60.0 Å². The average molecular weight is 435 g/mol. The lowest BCUT2D eigenvalue weighted by atomic mass is 9.73. The molecule has 5 nitrogen and oxygen atoms in total. The molecule has 3 aromatic rings. The number of rotatable bonds is 6. The van der Waals surface area contributed by atoms with Gasteiger partial charge in [0.25, 0.3) is 5.91 Å². The summed E-state index contributed by atoms with van der Waals surface area (Å²) in [5.41, 5.74) is 7.94. The SMILES string of the molecule is COc1cccc(C(=O)N2CCC[C@@](Cc3ccccc3-c3cccs3)(C(N)=O)C2)c1. The zero-order chi connectivity index (χ0) is 21.8. The zero-order valence-electron chi connectivity index (χ0n) is 17.5. The highest BCUT2D eigenvalue weighted by Gasteiger charge is 2.42. The summed E-state index contributed by atoms with van der Waals surface area (Å²) < 4.78 is 5.26. The molecule has 1 saturated heterocycles. The number of benzene rings is 2. The van der Waals surface area contributed by atoms with Gasteiger partial charge in [0.15, 0.2) is 0 Å². The molecule has 0 bridgehead atoms. The first-order valence-electron chi connectivity index (χ1n) is 10.4. The van der Waals surface area contributed by atoms with E-state index in [1.54, 1.807) is 41.5 Å². The minimum atomic E-state index is -0.792. The minimum Gasteiger partial charge on any atom is -0.497 e. The molecule has 31 heavy (non-hydrogen) atoms. The number of likely N-dealkylation sites (tertiary alicyclic amines) is 1. The number of carbonyl (C=O) groups is 2. The summed E-state index contributed by atoms with van der Waals surface area (Å²) in [5, 5.41) is 2.05. The summed E-state index contributed by atoms with van der Waals surface area (Å²) in [7, 11) is 1.58. The van der Waals surface area contributed by atoms with Crippen LogP contribution in [0.4, 0.5) is 0 Å². The average Bonchev–Trinajstić information content (AvgIpc) is 3.34. The van der Waals surface area contributed by atoms with E-state index in [4.69, 9.17) is 10.5 Å².